The second-order valence-corrected chi connectivity index (χ2v) is 10.5. The van der Waals surface area contributed by atoms with Crippen molar-refractivity contribution < 1.29 is 24.2 Å². The van der Waals surface area contributed by atoms with E-state index in [1.165, 1.54) is 17.0 Å². The van der Waals surface area contributed by atoms with Crippen molar-refractivity contribution >= 4 is 47.0 Å². The highest BCUT2D eigenvalue weighted by atomic mass is 32.1. The minimum atomic E-state index is -1.11. The molecule has 0 aliphatic rings. The molecule has 2 atom stereocenters. The van der Waals surface area contributed by atoms with Gasteiger partial charge in [0.2, 0.25) is 5.91 Å². The number of hydrogen-bond donors (Lipinski definition) is 4. The van der Waals surface area contributed by atoms with Crippen LogP contribution in [0.2, 0.25) is 0 Å². The van der Waals surface area contributed by atoms with E-state index in [4.69, 9.17) is 4.74 Å². The van der Waals surface area contributed by atoms with E-state index >= 15 is 0 Å². The summed E-state index contributed by atoms with van der Waals surface area (Å²) in [6, 6.07) is 15.9. The van der Waals surface area contributed by atoms with E-state index in [1.54, 1.807) is 45.9 Å². The van der Waals surface area contributed by atoms with Crippen LogP contribution in [0.5, 0.6) is 5.75 Å². The minimum absolute atomic E-state index is 0.00877. The molecule has 3 aromatic carbocycles. The summed E-state index contributed by atoms with van der Waals surface area (Å²) in [6.07, 6.45) is 0.732. The van der Waals surface area contributed by atoms with Gasteiger partial charge in [-0.15, -0.1) is 6.58 Å². The zero-order valence-corrected chi connectivity index (χ0v) is 23.5. The maximum absolute atomic E-state index is 13.9. The average Bonchev–Trinajstić information content (AvgIpc) is 2.87. The second kappa shape index (κ2) is 12.7. The summed E-state index contributed by atoms with van der Waals surface area (Å²) in [5, 5.41) is 17.6. The molecule has 0 heterocycles. The van der Waals surface area contributed by atoms with Gasteiger partial charge >= 0.3 is 6.09 Å². The van der Waals surface area contributed by atoms with E-state index in [2.05, 4.69) is 29.8 Å². The summed E-state index contributed by atoms with van der Waals surface area (Å²) < 4.78 is 5.31. The first-order valence-corrected chi connectivity index (χ1v) is 13.2. The SMILES string of the molecule is C=CCN(C(=O)C(CS)NC(=O)OC(C)(C)C)C(C(=O)Nc1ccc2ccccc2c1)c1ccc(O)c(C)c1. The molecule has 0 aliphatic heterocycles. The molecular formula is C30H35N3O5S. The molecule has 39 heavy (non-hydrogen) atoms. The van der Waals surface area contributed by atoms with Gasteiger partial charge < -0.3 is 25.4 Å². The van der Waals surface area contributed by atoms with Crippen LogP contribution in [0.3, 0.4) is 0 Å². The number of phenolic OH excluding ortho intramolecular Hbond substituents is 1. The summed E-state index contributed by atoms with van der Waals surface area (Å²) in [4.78, 5) is 41.4. The van der Waals surface area contributed by atoms with Gasteiger partial charge in [0.15, 0.2) is 0 Å². The number of aryl methyl sites for hydroxylation is 1. The number of anilines is 1. The summed E-state index contributed by atoms with van der Waals surface area (Å²) in [7, 11) is 0. The third-order valence-corrected chi connectivity index (χ3v) is 6.26. The molecular weight excluding hydrogens is 514 g/mol. The average molecular weight is 550 g/mol. The number of nitrogens with zero attached hydrogens (tertiary/aromatic N) is 1. The van der Waals surface area contributed by atoms with Crippen LogP contribution in [-0.4, -0.2) is 51.9 Å². The van der Waals surface area contributed by atoms with E-state index in [0.717, 1.165) is 10.8 Å². The largest absolute Gasteiger partial charge is 0.508 e. The first-order chi connectivity index (χ1) is 18.4. The van der Waals surface area contributed by atoms with Crippen molar-refractivity contribution in [2.75, 3.05) is 17.6 Å². The molecule has 3 aromatic rings. The van der Waals surface area contributed by atoms with Gasteiger partial charge in [0.25, 0.3) is 5.91 Å². The molecule has 3 N–H and O–H groups in total. The van der Waals surface area contributed by atoms with E-state index < -0.39 is 35.6 Å². The van der Waals surface area contributed by atoms with E-state index in [9.17, 15) is 19.5 Å². The molecule has 9 heteroatoms. The second-order valence-electron chi connectivity index (χ2n) is 10.2. The number of aromatic hydroxyl groups is 1. The number of carbonyl (C=O) groups excluding carboxylic acids is 3. The predicted octanol–water partition coefficient (Wildman–Crippen LogP) is 5.37. The highest BCUT2D eigenvalue weighted by Crippen LogP contribution is 2.29. The van der Waals surface area contributed by atoms with Crippen molar-refractivity contribution in [3.63, 3.8) is 0 Å². The van der Waals surface area contributed by atoms with Crippen LogP contribution in [0.4, 0.5) is 10.5 Å². The third kappa shape index (κ3) is 7.77. The zero-order valence-electron chi connectivity index (χ0n) is 22.6. The monoisotopic (exact) mass is 549 g/mol. The highest BCUT2D eigenvalue weighted by Gasteiger charge is 2.35. The number of hydrogen-bond acceptors (Lipinski definition) is 6. The maximum Gasteiger partial charge on any atom is 0.408 e. The molecule has 0 spiro atoms. The Labute approximate surface area is 234 Å². The molecule has 0 aromatic heterocycles. The fourth-order valence-electron chi connectivity index (χ4n) is 4.10. The Balaban J connectivity index is 1.99. The molecule has 0 saturated heterocycles. The fraction of sp³-hybridized carbons (Fsp3) is 0.300. The van der Waals surface area contributed by atoms with Gasteiger partial charge in [-0.1, -0.05) is 42.5 Å². The van der Waals surface area contributed by atoms with Gasteiger partial charge in [0, 0.05) is 18.0 Å². The zero-order chi connectivity index (χ0) is 28.7. The lowest BCUT2D eigenvalue weighted by molar-refractivity contribution is -0.139. The van der Waals surface area contributed by atoms with E-state index in [0.29, 0.717) is 16.8 Å². The van der Waals surface area contributed by atoms with Crippen LogP contribution in [0.25, 0.3) is 10.8 Å². The number of ether oxygens (including phenoxy) is 1. The molecule has 0 radical (unpaired) electrons. The molecule has 3 amide bonds. The van der Waals surface area contributed by atoms with Crippen LogP contribution < -0.4 is 10.6 Å². The van der Waals surface area contributed by atoms with Crippen LogP contribution >= 0.6 is 12.6 Å². The lowest BCUT2D eigenvalue weighted by Gasteiger charge is -2.33. The Hall–Kier alpha value is -3.98. The van der Waals surface area contributed by atoms with Gasteiger partial charge in [-0.25, -0.2) is 4.79 Å². The number of benzene rings is 3. The lowest BCUT2D eigenvalue weighted by Crippen LogP contribution is -2.53. The van der Waals surface area contributed by atoms with Gasteiger partial charge in [0.05, 0.1) is 0 Å². The van der Waals surface area contributed by atoms with E-state index in [-0.39, 0.29) is 18.0 Å². The first-order valence-electron chi connectivity index (χ1n) is 12.5. The number of nitrogens with one attached hydrogen (secondary N) is 2. The van der Waals surface area contributed by atoms with Crippen LogP contribution in [0, 0.1) is 6.92 Å². The standard InChI is InChI=1S/C30H35N3O5S/c1-6-15-33(28(36)24(18-39)32-29(37)38-30(3,4)5)26(22-12-14-25(34)19(2)16-22)27(35)31-23-13-11-20-9-7-8-10-21(20)17-23/h6-14,16-17,24,26,34,39H,1,15,18H2,2-5H3,(H,31,35)(H,32,37). The number of amides is 3. The highest BCUT2D eigenvalue weighted by molar-refractivity contribution is 7.80. The lowest BCUT2D eigenvalue weighted by atomic mass is 10.00. The maximum atomic E-state index is 13.9. The molecule has 0 saturated carbocycles. The summed E-state index contributed by atoms with van der Waals surface area (Å²) >= 11 is 4.28. The summed E-state index contributed by atoms with van der Waals surface area (Å²) in [5.74, 6) is -0.978. The Bertz CT molecular complexity index is 1370. The quantitative estimate of drug-likeness (QED) is 0.212. The Morgan fingerprint density at radius 1 is 1.08 bits per heavy atom. The van der Waals surface area contributed by atoms with E-state index in [1.807, 2.05) is 36.4 Å². The number of phenols is 1. The van der Waals surface area contributed by atoms with Crippen molar-refractivity contribution in [1.82, 2.24) is 10.2 Å². The molecule has 0 bridgehead atoms. The number of alkyl carbamates (subject to hydrolysis) is 1. The number of fused-ring (bicyclic) bond motifs is 1. The van der Waals surface area contributed by atoms with Gasteiger partial charge in [-0.05, 0) is 73.9 Å². The van der Waals surface area contributed by atoms with Crippen molar-refractivity contribution in [2.45, 2.75) is 45.4 Å². The van der Waals surface area contributed by atoms with Crippen molar-refractivity contribution in [3.05, 3.63) is 84.4 Å². The molecule has 0 fully saturated rings. The van der Waals surface area contributed by atoms with Gasteiger partial charge in [-0.3, -0.25) is 9.59 Å². The first kappa shape index (κ1) is 29.6. The molecule has 206 valence electrons. The van der Waals surface area contributed by atoms with Crippen molar-refractivity contribution in [3.8, 4) is 5.75 Å². The third-order valence-electron chi connectivity index (χ3n) is 5.89. The minimum Gasteiger partial charge on any atom is -0.508 e. The fourth-order valence-corrected chi connectivity index (χ4v) is 4.34. The number of thiol groups is 1. The Kier molecular flexibility index (Phi) is 9.64. The Morgan fingerprint density at radius 2 is 1.77 bits per heavy atom. The number of rotatable bonds is 9. The molecule has 8 nitrogen and oxygen atoms in total. The smallest absolute Gasteiger partial charge is 0.408 e. The number of carbonyl (C=O) groups is 3. The predicted molar refractivity (Wildman–Crippen MR) is 157 cm³/mol. The van der Waals surface area contributed by atoms with Crippen LogP contribution in [-0.2, 0) is 14.3 Å². The van der Waals surface area contributed by atoms with Gasteiger partial charge in [0.1, 0.15) is 23.4 Å². The van der Waals surface area contributed by atoms with Crippen molar-refractivity contribution in [1.29, 1.82) is 0 Å². The topological polar surface area (TPSA) is 108 Å². The van der Waals surface area contributed by atoms with Crippen molar-refractivity contribution in [2.24, 2.45) is 0 Å². The summed E-state index contributed by atoms with van der Waals surface area (Å²) in [5.41, 5.74) is 0.817. The van der Waals surface area contributed by atoms with Crippen LogP contribution in [0.1, 0.15) is 37.9 Å². The normalized spacial score (nSPS) is 12.7. The Morgan fingerprint density at radius 3 is 2.38 bits per heavy atom. The van der Waals surface area contributed by atoms with Crippen LogP contribution in [0.15, 0.2) is 73.3 Å². The molecule has 0 aliphatic carbocycles. The molecule has 3 rings (SSSR count). The molecule has 2 unspecified atom stereocenters. The van der Waals surface area contributed by atoms with Gasteiger partial charge in [-0.2, -0.15) is 12.6 Å². The summed E-state index contributed by atoms with van der Waals surface area (Å²) in [6.45, 7) is 10.6.